The number of aromatic nitrogens is 2. The van der Waals surface area contributed by atoms with Gasteiger partial charge in [0.1, 0.15) is 11.4 Å². The van der Waals surface area contributed by atoms with Crippen molar-refractivity contribution < 1.29 is 9.53 Å². The highest BCUT2D eigenvalue weighted by atomic mass is 16.6. The lowest BCUT2D eigenvalue weighted by atomic mass is 10.2. The SMILES string of the molecule is CC(C)(C)OC(=O)n1c(CC#N)cnc1-c1ccccc1. The number of benzene rings is 1. The summed E-state index contributed by atoms with van der Waals surface area (Å²) in [6.45, 7) is 5.40. The molecule has 1 aromatic carbocycles. The van der Waals surface area contributed by atoms with Gasteiger partial charge in [-0.2, -0.15) is 5.26 Å². The first-order chi connectivity index (χ1) is 9.92. The lowest BCUT2D eigenvalue weighted by molar-refractivity contribution is 0.0536. The predicted molar refractivity (Wildman–Crippen MR) is 78.6 cm³/mol. The van der Waals surface area contributed by atoms with Crippen molar-refractivity contribution in [3.05, 3.63) is 42.2 Å². The van der Waals surface area contributed by atoms with Crippen molar-refractivity contribution >= 4 is 6.09 Å². The Morgan fingerprint density at radius 3 is 2.57 bits per heavy atom. The Balaban J connectivity index is 2.48. The highest BCUT2D eigenvalue weighted by molar-refractivity contribution is 5.78. The van der Waals surface area contributed by atoms with Crippen LogP contribution in [0.5, 0.6) is 0 Å². The summed E-state index contributed by atoms with van der Waals surface area (Å²) in [6, 6.07) is 11.4. The first-order valence-corrected chi connectivity index (χ1v) is 6.65. The van der Waals surface area contributed by atoms with Crippen LogP contribution in [0.4, 0.5) is 4.79 Å². The highest BCUT2D eigenvalue weighted by Crippen LogP contribution is 2.21. The number of carbonyl (C=O) groups is 1. The Labute approximate surface area is 123 Å². The molecule has 5 nitrogen and oxygen atoms in total. The molecule has 2 rings (SSSR count). The molecule has 5 heteroatoms. The molecular formula is C16H17N3O2. The zero-order valence-electron chi connectivity index (χ0n) is 12.3. The fourth-order valence-electron chi connectivity index (χ4n) is 1.90. The fraction of sp³-hybridized carbons (Fsp3) is 0.312. The number of imidazole rings is 1. The molecule has 108 valence electrons. The maximum atomic E-state index is 12.4. The van der Waals surface area contributed by atoms with Crippen molar-refractivity contribution in [2.24, 2.45) is 0 Å². The van der Waals surface area contributed by atoms with Crippen LogP contribution in [0.15, 0.2) is 36.5 Å². The van der Waals surface area contributed by atoms with Crippen molar-refractivity contribution in [1.29, 1.82) is 5.26 Å². The molecule has 0 aliphatic heterocycles. The van der Waals surface area contributed by atoms with Crippen molar-refractivity contribution in [2.75, 3.05) is 0 Å². The van der Waals surface area contributed by atoms with E-state index >= 15 is 0 Å². The quantitative estimate of drug-likeness (QED) is 0.847. The average molecular weight is 283 g/mol. The van der Waals surface area contributed by atoms with Crippen LogP contribution in [0.2, 0.25) is 0 Å². The maximum absolute atomic E-state index is 12.4. The highest BCUT2D eigenvalue weighted by Gasteiger charge is 2.23. The van der Waals surface area contributed by atoms with E-state index in [1.54, 1.807) is 20.8 Å². The van der Waals surface area contributed by atoms with Crippen LogP contribution in [-0.2, 0) is 11.2 Å². The van der Waals surface area contributed by atoms with Crippen molar-refractivity contribution in [1.82, 2.24) is 9.55 Å². The lowest BCUT2D eigenvalue weighted by Gasteiger charge is -2.21. The van der Waals surface area contributed by atoms with Gasteiger partial charge >= 0.3 is 6.09 Å². The van der Waals surface area contributed by atoms with Crippen molar-refractivity contribution in [3.8, 4) is 17.5 Å². The van der Waals surface area contributed by atoms with E-state index in [0.29, 0.717) is 11.5 Å². The molecule has 0 saturated carbocycles. The standard InChI is InChI=1S/C16H17N3O2/c1-16(2,3)21-15(20)19-13(9-10-17)11-18-14(19)12-7-5-4-6-8-12/h4-8,11H,9H2,1-3H3. The Hall–Kier alpha value is -2.61. The average Bonchev–Trinajstić information content (AvgIpc) is 2.82. The Bertz CT molecular complexity index is 676. The topological polar surface area (TPSA) is 67.9 Å². The maximum Gasteiger partial charge on any atom is 0.420 e. The van der Waals surface area contributed by atoms with E-state index in [0.717, 1.165) is 5.56 Å². The van der Waals surface area contributed by atoms with Gasteiger partial charge in [0, 0.05) is 5.56 Å². The van der Waals surface area contributed by atoms with E-state index in [1.807, 2.05) is 36.4 Å². The zero-order chi connectivity index (χ0) is 15.5. The van der Waals surface area contributed by atoms with Gasteiger partial charge < -0.3 is 4.74 Å². The zero-order valence-corrected chi connectivity index (χ0v) is 12.3. The third-order valence-electron chi connectivity index (χ3n) is 2.70. The number of rotatable bonds is 2. The third kappa shape index (κ3) is 3.48. The minimum atomic E-state index is -0.612. The molecule has 0 spiro atoms. The fourth-order valence-corrected chi connectivity index (χ4v) is 1.90. The van der Waals surface area contributed by atoms with Crippen LogP contribution in [-0.4, -0.2) is 21.2 Å². The molecule has 0 aliphatic carbocycles. The molecule has 0 fully saturated rings. The second-order valence-electron chi connectivity index (χ2n) is 5.59. The minimum absolute atomic E-state index is 0.0963. The molecule has 1 heterocycles. The Kier molecular flexibility index (Phi) is 4.08. The van der Waals surface area contributed by atoms with E-state index in [2.05, 4.69) is 4.98 Å². The minimum Gasteiger partial charge on any atom is -0.443 e. The Morgan fingerprint density at radius 1 is 1.33 bits per heavy atom. The van der Waals surface area contributed by atoms with Gasteiger partial charge in [-0.05, 0) is 20.8 Å². The summed E-state index contributed by atoms with van der Waals surface area (Å²) in [5.74, 6) is 0.482. The van der Waals surface area contributed by atoms with Gasteiger partial charge in [0.25, 0.3) is 0 Å². The third-order valence-corrected chi connectivity index (χ3v) is 2.70. The van der Waals surface area contributed by atoms with Gasteiger partial charge in [-0.3, -0.25) is 0 Å². The number of nitrogens with zero attached hydrogens (tertiary/aromatic N) is 3. The largest absolute Gasteiger partial charge is 0.443 e. The van der Waals surface area contributed by atoms with Gasteiger partial charge in [0.2, 0.25) is 0 Å². The van der Waals surface area contributed by atoms with E-state index in [-0.39, 0.29) is 6.42 Å². The van der Waals surface area contributed by atoms with Gasteiger partial charge in [-0.1, -0.05) is 30.3 Å². The number of nitriles is 1. The number of carbonyl (C=O) groups excluding carboxylic acids is 1. The second-order valence-corrected chi connectivity index (χ2v) is 5.59. The Morgan fingerprint density at radius 2 is 2.00 bits per heavy atom. The predicted octanol–water partition coefficient (Wildman–Crippen LogP) is 3.40. The van der Waals surface area contributed by atoms with Crippen LogP contribution >= 0.6 is 0 Å². The molecule has 21 heavy (non-hydrogen) atoms. The molecular weight excluding hydrogens is 266 g/mol. The molecule has 0 amide bonds. The lowest BCUT2D eigenvalue weighted by Crippen LogP contribution is -2.28. The van der Waals surface area contributed by atoms with Crippen LogP contribution in [0, 0.1) is 11.3 Å². The van der Waals surface area contributed by atoms with Crippen LogP contribution in [0.1, 0.15) is 26.5 Å². The van der Waals surface area contributed by atoms with Crippen LogP contribution < -0.4 is 0 Å². The number of hydrogen-bond acceptors (Lipinski definition) is 4. The summed E-state index contributed by atoms with van der Waals surface area (Å²) in [4.78, 5) is 16.7. The smallest absolute Gasteiger partial charge is 0.420 e. The molecule has 0 saturated heterocycles. The summed E-state index contributed by atoms with van der Waals surface area (Å²) < 4.78 is 6.77. The summed E-state index contributed by atoms with van der Waals surface area (Å²) in [7, 11) is 0. The van der Waals surface area contributed by atoms with Crippen molar-refractivity contribution in [3.63, 3.8) is 0 Å². The summed E-state index contributed by atoms with van der Waals surface area (Å²) in [5.41, 5.74) is 0.706. The molecule has 0 bridgehead atoms. The molecule has 0 N–H and O–H groups in total. The van der Waals surface area contributed by atoms with Crippen molar-refractivity contribution in [2.45, 2.75) is 32.8 Å². The number of ether oxygens (including phenoxy) is 1. The monoisotopic (exact) mass is 283 g/mol. The van der Waals surface area contributed by atoms with Gasteiger partial charge in [-0.25, -0.2) is 14.3 Å². The van der Waals surface area contributed by atoms with Gasteiger partial charge in [0.15, 0.2) is 0 Å². The van der Waals surface area contributed by atoms with Crippen LogP contribution in [0.3, 0.4) is 0 Å². The molecule has 0 radical (unpaired) electrons. The summed E-state index contributed by atoms with van der Waals surface area (Å²) >= 11 is 0. The first-order valence-electron chi connectivity index (χ1n) is 6.65. The molecule has 0 atom stereocenters. The normalized spacial score (nSPS) is 11.0. The van der Waals surface area contributed by atoms with E-state index < -0.39 is 11.7 Å². The first kappa shape index (κ1) is 14.8. The van der Waals surface area contributed by atoms with Gasteiger partial charge in [0.05, 0.1) is 24.4 Å². The van der Waals surface area contributed by atoms with Gasteiger partial charge in [-0.15, -0.1) is 0 Å². The van der Waals surface area contributed by atoms with Crippen LogP contribution in [0.25, 0.3) is 11.4 Å². The summed E-state index contributed by atoms with van der Waals surface area (Å²) in [6.07, 6.45) is 1.11. The van der Waals surface area contributed by atoms with E-state index in [9.17, 15) is 4.79 Å². The van der Waals surface area contributed by atoms with E-state index in [4.69, 9.17) is 10.00 Å². The summed E-state index contributed by atoms with van der Waals surface area (Å²) in [5, 5.41) is 8.90. The molecule has 0 aliphatic rings. The van der Waals surface area contributed by atoms with E-state index in [1.165, 1.54) is 10.8 Å². The number of hydrogen-bond donors (Lipinski definition) is 0. The molecule has 1 aromatic heterocycles. The molecule has 2 aromatic rings. The molecule has 0 unspecified atom stereocenters. The second kappa shape index (κ2) is 5.80.